The van der Waals surface area contributed by atoms with E-state index in [0.29, 0.717) is 11.3 Å². The maximum absolute atomic E-state index is 13.2. The Morgan fingerprint density at radius 3 is 2.57 bits per heavy atom. The standard InChI is InChI=1S/C16H10F2O3/c1-20-11-4-2-9-7-15(21-14(9)8-11)16(19)10-3-5-12(17)13(18)6-10/h2-8H,1H3. The number of rotatable bonds is 3. The highest BCUT2D eigenvalue weighted by Gasteiger charge is 2.16. The normalized spacial score (nSPS) is 10.8. The predicted octanol–water partition coefficient (Wildman–Crippen LogP) is 3.95. The number of carbonyl (C=O) groups excluding carboxylic acids is 1. The Hall–Kier alpha value is -2.69. The largest absolute Gasteiger partial charge is 0.497 e. The van der Waals surface area contributed by atoms with Gasteiger partial charge in [-0.15, -0.1) is 0 Å². The van der Waals surface area contributed by atoms with Gasteiger partial charge in [0.15, 0.2) is 17.4 Å². The molecule has 3 rings (SSSR count). The van der Waals surface area contributed by atoms with Crippen LogP contribution in [0.5, 0.6) is 5.75 Å². The van der Waals surface area contributed by atoms with Crippen molar-refractivity contribution in [3.8, 4) is 5.75 Å². The minimum absolute atomic E-state index is 0.0277. The Kier molecular flexibility index (Phi) is 3.17. The van der Waals surface area contributed by atoms with Crippen LogP contribution in [0.25, 0.3) is 11.0 Å². The highest BCUT2D eigenvalue weighted by molar-refractivity contribution is 6.09. The van der Waals surface area contributed by atoms with Gasteiger partial charge in [0, 0.05) is 17.0 Å². The monoisotopic (exact) mass is 288 g/mol. The van der Waals surface area contributed by atoms with E-state index in [1.54, 1.807) is 24.3 Å². The molecule has 0 atom stereocenters. The third-order valence-corrected chi connectivity index (χ3v) is 3.13. The Morgan fingerprint density at radius 2 is 1.86 bits per heavy atom. The quantitative estimate of drug-likeness (QED) is 0.685. The van der Waals surface area contributed by atoms with E-state index in [1.807, 2.05) is 0 Å². The minimum Gasteiger partial charge on any atom is -0.497 e. The number of ketones is 1. The summed E-state index contributed by atoms with van der Waals surface area (Å²) in [7, 11) is 1.53. The Morgan fingerprint density at radius 1 is 1.05 bits per heavy atom. The Labute approximate surface area is 118 Å². The van der Waals surface area contributed by atoms with Crippen molar-refractivity contribution in [1.82, 2.24) is 0 Å². The van der Waals surface area contributed by atoms with Gasteiger partial charge in [-0.05, 0) is 36.4 Å². The maximum atomic E-state index is 13.2. The van der Waals surface area contributed by atoms with Crippen LogP contribution in [0.15, 0.2) is 46.9 Å². The van der Waals surface area contributed by atoms with E-state index in [1.165, 1.54) is 13.2 Å². The number of halogens is 2. The van der Waals surface area contributed by atoms with Gasteiger partial charge in [-0.1, -0.05) is 0 Å². The van der Waals surface area contributed by atoms with Gasteiger partial charge in [0.25, 0.3) is 0 Å². The molecule has 0 bridgehead atoms. The molecule has 0 spiro atoms. The maximum Gasteiger partial charge on any atom is 0.228 e. The summed E-state index contributed by atoms with van der Waals surface area (Å²) in [6.45, 7) is 0. The first-order valence-corrected chi connectivity index (χ1v) is 6.16. The first kappa shape index (κ1) is 13.3. The summed E-state index contributed by atoms with van der Waals surface area (Å²) in [5.41, 5.74) is 0.514. The molecule has 21 heavy (non-hydrogen) atoms. The predicted molar refractivity (Wildman–Crippen MR) is 72.6 cm³/mol. The van der Waals surface area contributed by atoms with Crippen LogP contribution in [0.1, 0.15) is 16.1 Å². The number of benzene rings is 2. The molecule has 106 valence electrons. The Balaban J connectivity index is 2.02. The van der Waals surface area contributed by atoms with Crippen LogP contribution in [-0.4, -0.2) is 12.9 Å². The molecule has 0 unspecified atom stereocenters. The molecule has 0 saturated carbocycles. The van der Waals surface area contributed by atoms with Crippen LogP contribution in [0, 0.1) is 11.6 Å². The van der Waals surface area contributed by atoms with Crippen LogP contribution >= 0.6 is 0 Å². The molecule has 5 heteroatoms. The van der Waals surface area contributed by atoms with Gasteiger partial charge in [-0.25, -0.2) is 8.78 Å². The van der Waals surface area contributed by atoms with Crippen molar-refractivity contribution in [3.05, 3.63) is 65.4 Å². The molecule has 0 aliphatic rings. The molecule has 2 aromatic carbocycles. The lowest BCUT2D eigenvalue weighted by Crippen LogP contribution is -2.00. The van der Waals surface area contributed by atoms with Crippen molar-refractivity contribution in [2.75, 3.05) is 7.11 Å². The zero-order valence-electron chi connectivity index (χ0n) is 11.0. The van der Waals surface area contributed by atoms with Gasteiger partial charge < -0.3 is 9.15 Å². The van der Waals surface area contributed by atoms with Crippen molar-refractivity contribution >= 4 is 16.8 Å². The second-order valence-corrected chi connectivity index (χ2v) is 4.47. The average molecular weight is 288 g/mol. The van der Waals surface area contributed by atoms with Crippen molar-refractivity contribution in [2.24, 2.45) is 0 Å². The fourth-order valence-electron chi connectivity index (χ4n) is 2.03. The van der Waals surface area contributed by atoms with Crippen LogP contribution in [0.3, 0.4) is 0 Å². The topological polar surface area (TPSA) is 39.4 Å². The van der Waals surface area contributed by atoms with E-state index in [2.05, 4.69) is 0 Å². The summed E-state index contributed by atoms with van der Waals surface area (Å²) in [5.74, 6) is -1.92. The van der Waals surface area contributed by atoms with Crippen molar-refractivity contribution in [1.29, 1.82) is 0 Å². The molecule has 3 nitrogen and oxygen atoms in total. The molecular weight excluding hydrogens is 278 g/mol. The summed E-state index contributed by atoms with van der Waals surface area (Å²) >= 11 is 0. The molecule has 0 aliphatic heterocycles. The lowest BCUT2D eigenvalue weighted by molar-refractivity contribution is 0.101. The van der Waals surface area contributed by atoms with Crippen molar-refractivity contribution in [3.63, 3.8) is 0 Å². The fourth-order valence-corrected chi connectivity index (χ4v) is 2.03. The van der Waals surface area contributed by atoms with Crippen LogP contribution in [0.4, 0.5) is 8.78 Å². The summed E-state index contributed by atoms with van der Waals surface area (Å²) in [6.07, 6.45) is 0. The van der Waals surface area contributed by atoms with Crippen molar-refractivity contribution < 1.29 is 22.7 Å². The SMILES string of the molecule is COc1ccc2cc(C(=O)c3ccc(F)c(F)c3)oc2c1. The number of carbonyl (C=O) groups is 1. The van der Waals surface area contributed by atoms with E-state index in [9.17, 15) is 13.6 Å². The van der Waals surface area contributed by atoms with E-state index in [4.69, 9.17) is 9.15 Å². The van der Waals surface area contributed by atoms with Gasteiger partial charge in [-0.3, -0.25) is 4.79 Å². The van der Waals surface area contributed by atoms with Crippen LogP contribution in [-0.2, 0) is 0 Å². The van der Waals surface area contributed by atoms with Gasteiger partial charge in [0.2, 0.25) is 5.78 Å². The molecule has 0 saturated heterocycles. The zero-order valence-corrected chi connectivity index (χ0v) is 11.0. The first-order chi connectivity index (χ1) is 10.1. The van der Waals surface area contributed by atoms with E-state index < -0.39 is 17.4 Å². The van der Waals surface area contributed by atoms with Gasteiger partial charge >= 0.3 is 0 Å². The summed E-state index contributed by atoms with van der Waals surface area (Å²) in [4.78, 5) is 12.2. The number of fused-ring (bicyclic) bond motifs is 1. The fraction of sp³-hybridized carbons (Fsp3) is 0.0625. The molecule has 3 aromatic rings. The highest BCUT2D eigenvalue weighted by atomic mass is 19.2. The third kappa shape index (κ3) is 2.38. The molecule has 0 N–H and O–H groups in total. The van der Waals surface area contributed by atoms with Gasteiger partial charge in [0.05, 0.1) is 7.11 Å². The van der Waals surface area contributed by atoms with Crippen molar-refractivity contribution in [2.45, 2.75) is 0 Å². The number of hydrogen-bond acceptors (Lipinski definition) is 3. The molecule has 1 heterocycles. The zero-order chi connectivity index (χ0) is 15.0. The number of furan rings is 1. The molecule has 0 fully saturated rings. The van der Waals surface area contributed by atoms with Crippen LogP contribution in [0.2, 0.25) is 0 Å². The third-order valence-electron chi connectivity index (χ3n) is 3.13. The van der Waals surface area contributed by atoms with Gasteiger partial charge in [0.1, 0.15) is 11.3 Å². The second kappa shape index (κ2) is 5.01. The van der Waals surface area contributed by atoms with E-state index in [-0.39, 0.29) is 11.3 Å². The lowest BCUT2D eigenvalue weighted by Gasteiger charge is -1.98. The van der Waals surface area contributed by atoms with Gasteiger partial charge in [-0.2, -0.15) is 0 Å². The number of methoxy groups -OCH3 is 1. The Bertz CT molecular complexity index is 837. The number of hydrogen-bond donors (Lipinski definition) is 0. The summed E-state index contributed by atoms with van der Waals surface area (Å²) in [6, 6.07) is 9.67. The van der Waals surface area contributed by atoms with Crippen LogP contribution < -0.4 is 4.74 Å². The molecule has 0 amide bonds. The highest BCUT2D eigenvalue weighted by Crippen LogP contribution is 2.25. The molecule has 0 radical (unpaired) electrons. The molecule has 1 aromatic heterocycles. The van der Waals surface area contributed by atoms with E-state index in [0.717, 1.165) is 17.5 Å². The molecule has 0 aliphatic carbocycles. The second-order valence-electron chi connectivity index (χ2n) is 4.47. The average Bonchev–Trinajstić information content (AvgIpc) is 2.92. The smallest absolute Gasteiger partial charge is 0.228 e. The lowest BCUT2D eigenvalue weighted by atomic mass is 10.1. The minimum atomic E-state index is -1.07. The first-order valence-electron chi connectivity index (χ1n) is 6.16. The van der Waals surface area contributed by atoms with E-state index >= 15 is 0 Å². The molecular formula is C16H10F2O3. The summed E-state index contributed by atoms with van der Waals surface area (Å²) < 4.78 is 36.6. The number of ether oxygens (including phenoxy) is 1. The summed E-state index contributed by atoms with van der Waals surface area (Å²) in [5, 5.41) is 0.724.